The van der Waals surface area contributed by atoms with Crippen LogP contribution in [0.4, 0.5) is 5.82 Å². The molecule has 2 heterocycles. The number of carbonyl (C=O) groups is 1. The lowest BCUT2D eigenvalue weighted by molar-refractivity contribution is 0.0935. The Bertz CT molecular complexity index is 1210. The maximum atomic E-state index is 13.0. The average Bonchev–Trinajstić information content (AvgIpc) is 3.60. The summed E-state index contributed by atoms with van der Waals surface area (Å²) in [4.78, 5) is 25.9. The standard InChI is InChI=1S/C25H25N5O/c1-26-23-14-22(28-24(30-23)16-11-12-16)21(29-25(31)17-7-3-2-4-8-17)13-18-15-27-20-10-6-5-9-19(18)20/h2-10,14-16,21,27H,11-13H2,1H3,(H,29,31)(H,26,28,30). The van der Waals surface area contributed by atoms with Crippen LogP contribution in [0.1, 0.15) is 52.2 Å². The topological polar surface area (TPSA) is 82.7 Å². The summed E-state index contributed by atoms with van der Waals surface area (Å²) in [5.41, 5.74) is 3.70. The normalized spacial score (nSPS) is 14.4. The van der Waals surface area contributed by atoms with Gasteiger partial charge in [-0.15, -0.1) is 0 Å². The first-order valence-electron chi connectivity index (χ1n) is 10.7. The highest BCUT2D eigenvalue weighted by atomic mass is 16.1. The molecular weight excluding hydrogens is 386 g/mol. The van der Waals surface area contributed by atoms with Crippen molar-refractivity contribution in [1.82, 2.24) is 20.3 Å². The molecular formula is C25H25N5O. The first-order chi connectivity index (χ1) is 15.2. The fourth-order valence-corrected chi connectivity index (χ4v) is 3.90. The summed E-state index contributed by atoms with van der Waals surface area (Å²) < 4.78 is 0. The van der Waals surface area contributed by atoms with Gasteiger partial charge in [0.05, 0.1) is 11.7 Å². The highest BCUT2D eigenvalue weighted by Gasteiger charge is 2.29. The molecule has 1 atom stereocenters. The summed E-state index contributed by atoms with van der Waals surface area (Å²) >= 11 is 0. The van der Waals surface area contributed by atoms with Crippen LogP contribution in [0, 0.1) is 0 Å². The fraction of sp³-hybridized carbons (Fsp3) is 0.240. The third-order valence-electron chi connectivity index (χ3n) is 5.76. The van der Waals surface area contributed by atoms with Crippen molar-refractivity contribution in [2.45, 2.75) is 31.2 Å². The molecule has 1 amide bonds. The molecule has 2 aromatic carbocycles. The third-order valence-corrected chi connectivity index (χ3v) is 5.76. The highest BCUT2D eigenvalue weighted by molar-refractivity contribution is 5.94. The van der Waals surface area contributed by atoms with Gasteiger partial charge in [-0.3, -0.25) is 4.79 Å². The van der Waals surface area contributed by atoms with Gasteiger partial charge in [-0.05, 0) is 36.6 Å². The number of anilines is 1. The van der Waals surface area contributed by atoms with Crippen molar-refractivity contribution in [2.75, 3.05) is 12.4 Å². The van der Waals surface area contributed by atoms with Crippen LogP contribution in [-0.4, -0.2) is 27.9 Å². The molecule has 0 aliphatic heterocycles. The molecule has 1 saturated carbocycles. The van der Waals surface area contributed by atoms with Crippen molar-refractivity contribution in [3.8, 4) is 0 Å². The molecule has 1 fully saturated rings. The van der Waals surface area contributed by atoms with Crippen LogP contribution >= 0.6 is 0 Å². The zero-order valence-electron chi connectivity index (χ0n) is 17.4. The predicted molar refractivity (Wildman–Crippen MR) is 122 cm³/mol. The molecule has 31 heavy (non-hydrogen) atoms. The molecule has 0 saturated heterocycles. The Morgan fingerprint density at radius 3 is 2.65 bits per heavy atom. The molecule has 6 heteroatoms. The number of nitrogens with one attached hydrogen (secondary N) is 3. The largest absolute Gasteiger partial charge is 0.373 e. The minimum atomic E-state index is -0.278. The van der Waals surface area contributed by atoms with Gasteiger partial charge in [-0.25, -0.2) is 9.97 Å². The molecule has 0 radical (unpaired) electrons. The monoisotopic (exact) mass is 411 g/mol. The van der Waals surface area contributed by atoms with Crippen molar-refractivity contribution in [1.29, 1.82) is 0 Å². The van der Waals surface area contributed by atoms with E-state index in [0.29, 0.717) is 17.9 Å². The van der Waals surface area contributed by atoms with Crippen molar-refractivity contribution in [3.05, 3.63) is 89.5 Å². The SMILES string of the molecule is CNc1cc(C(Cc2c[nH]c3ccccc23)NC(=O)c2ccccc2)nc(C2CC2)n1. The summed E-state index contributed by atoms with van der Waals surface area (Å²) in [6, 6.07) is 19.2. The number of para-hydroxylation sites is 1. The van der Waals surface area contributed by atoms with E-state index in [-0.39, 0.29) is 11.9 Å². The predicted octanol–water partition coefficient (Wildman–Crippen LogP) is 4.59. The number of carbonyl (C=O) groups excluding carboxylic acids is 1. The van der Waals surface area contributed by atoms with Crippen LogP contribution in [0.2, 0.25) is 0 Å². The summed E-state index contributed by atoms with van der Waals surface area (Å²) in [6.07, 6.45) is 4.90. The third kappa shape index (κ3) is 4.14. The van der Waals surface area contributed by atoms with Gasteiger partial charge < -0.3 is 15.6 Å². The number of benzene rings is 2. The number of aromatic nitrogens is 3. The second-order valence-electron chi connectivity index (χ2n) is 8.02. The molecule has 0 spiro atoms. The number of rotatable bonds is 7. The maximum absolute atomic E-state index is 13.0. The van der Waals surface area contributed by atoms with Crippen molar-refractivity contribution >= 4 is 22.6 Å². The molecule has 1 unspecified atom stereocenters. The molecule has 6 nitrogen and oxygen atoms in total. The fourth-order valence-electron chi connectivity index (χ4n) is 3.90. The van der Waals surface area contributed by atoms with Crippen molar-refractivity contribution in [3.63, 3.8) is 0 Å². The highest BCUT2D eigenvalue weighted by Crippen LogP contribution is 2.39. The van der Waals surface area contributed by atoms with Crippen LogP contribution in [-0.2, 0) is 6.42 Å². The van der Waals surface area contributed by atoms with Gasteiger partial charge in [0.2, 0.25) is 0 Å². The Morgan fingerprint density at radius 2 is 1.87 bits per heavy atom. The maximum Gasteiger partial charge on any atom is 0.251 e. The molecule has 0 bridgehead atoms. The van der Waals surface area contributed by atoms with E-state index in [0.717, 1.165) is 46.6 Å². The minimum absolute atomic E-state index is 0.108. The second kappa shape index (κ2) is 8.22. The van der Waals surface area contributed by atoms with Crippen LogP contribution in [0.15, 0.2) is 66.9 Å². The van der Waals surface area contributed by atoms with Crippen LogP contribution in [0.25, 0.3) is 10.9 Å². The van der Waals surface area contributed by atoms with Gasteiger partial charge >= 0.3 is 0 Å². The number of fused-ring (bicyclic) bond motifs is 1. The number of amides is 1. The summed E-state index contributed by atoms with van der Waals surface area (Å²) in [5.74, 6) is 1.96. The van der Waals surface area contributed by atoms with E-state index in [1.807, 2.05) is 61.8 Å². The number of H-pyrrole nitrogens is 1. The lowest BCUT2D eigenvalue weighted by Gasteiger charge is -2.20. The average molecular weight is 412 g/mol. The lowest BCUT2D eigenvalue weighted by atomic mass is 10.0. The van der Waals surface area contributed by atoms with Gasteiger partial charge in [-0.2, -0.15) is 0 Å². The molecule has 3 N–H and O–H groups in total. The Morgan fingerprint density at radius 1 is 1.10 bits per heavy atom. The van der Waals surface area contributed by atoms with Gasteiger partial charge in [0.1, 0.15) is 11.6 Å². The van der Waals surface area contributed by atoms with Gasteiger partial charge in [0, 0.05) is 48.1 Å². The zero-order chi connectivity index (χ0) is 21.2. The van der Waals surface area contributed by atoms with E-state index in [2.05, 4.69) is 32.7 Å². The quantitative estimate of drug-likeness (QED) is 0.415. The van der Waals surface area contributed by atoms with E-state index in [4.69, 9.17) is 4.98 Å². The Kier molecular flexibility index (Phi) is 5.12. The molecule has 156 valence electrons. The summed E-state index contributed by atoms with van der Waals surface area (Å²) in [6.45, 7) is 0. The zero-order valence-corrected chi connectivity index (χ0v) is 17.4. The Labute approximate surface area is 181 Å². The first kappa shape index (κ1) is 19.3. The molecule has 2 aromatic heterocycles. The van der Waals surface area contributed by atoms with E-state index in [9.17, 15) is 4.79 Å². The van der Waals surface area contributed by atoms with Crippen molar-refractivity contribution in [2.24, 2.45) is 0 Å². The molecule has 1 aliphatic carbocycles. The van der Waals surface area contributed by atoms with Crippen LogP contribution in [0.3, 0.4) is 0 Å². The summed E-state index contributed by atoms with van der Waals surface area (Å²) in [5, 5.41) is 7.53. The van der Waals surface area contributed by atoms with Crippen molar-refractivity contribution < 1.29 is 4.79 Å². The summed E-state index contributed by atoms with van der Waals surface area (Å²) in [7, 11) is 1.86. The van der Waals surface area contributed by atoms with E-state index in [1.54, 1.807) is 0 Å². The Hall–Kier alpha value is -3.67. The van der Waals surface area contributed by atoms with Gasteiger partial charge in [0.15, 0.2) is 0 Å². The minimum Gasteiger partial charge on any atom is -0.373 e. The van der Waals surface area contributed by atoms with Gasteiger partial charge in [-0.1, -0.05) is 36.4 Å². The Balaban J connectivity index is 1.52. The number of aromatic amines is 1. The van der Waals surface area contributed by atoms with E-state index < -0.39 is 0 Å². The van der Waals surface area contributed by atoms with E-state index in [1.165, 1.54) is 0 Å². The first-order valence-corrected chi connectivity index (χ1v) is 10.7. The second-order valence-corrected chi connectivity index (χ2v) is 8.02. The van der Waals surface area contributed by atoms with E-state index >= 15 is 0 Å². The van der Waals surface area contributed by atoms with Crippen LogP contribution < -0.4 is 10.6 Å². The smallest absolute Gasteiger partial charge is 0.251 e. The number of hydrogen-bond acceptors (Lipinski definition) is 4. The molecule has 5 rings (SSSR count). The molecule has 1 aliphatic rings. The van der Waals surface area contributed by atoms with Gasteiger partial charge in [0.25, 0.3) is 5.91 Å². The number of hydrogen-bond donors (Lipinski definition) is 3. The molecule has 4 aromatic rings. The van der Waals surface area contributed by atoms with Crippen LogP contribution in [0.5, 0.6) is 0 Å². The number of nitrogens with zero attached hydrogens (tertiary/aromatic N) is 2. The lowest BCUT2D eigenvalue weighted by Crippen LogP contribution is -2.31.